The lowest BCUT2D eigenvalue weighted by Crippen LogP contribution is -2.49. The molecule has 0 aromatic heterocycles. The highest BCUT2D eigenvalue weighted by atomic mass is 35.5. The smallest absolute Gasteiger partial charge is 0.323 e. The third kappa shape index (κ3) is 6.27. The zero-order valence-electron chi connectivity index (χ0n) is 22.6. The predicted octanol–water partition coefficient (Wildman–Crippen LogP) is 2.79. The van der Waals surface area contributed by atoms with Crippen LogP contribution in [0.25, 0.3) is 0 Å². The van der Waals surface area contributed by atoms with Crippen LogP contribution in [0, 0.1) is 28.5 Å². The molecule has 2 fully saturated rings. The van der Waals surface area contributed by atoms with Gasteiger partial charge in [0.15, 0.2) is 21.9 Å². The fraction of sp³-hybridized carbons (Fsp3) is 0.464. The molecule has 4 rings (SSSR count). The molecule has 0 unspecified atom stereocenters. The lowest BCUT2D eigenvalue weighted by molar-refractivity contribution is -0.162. The van der Waals surface area contributed by atoms with Gasteiger partial charge in [0.2, 0.25) is 5.91 Å². The van der Waals surface area contributed by atoms with E-state index in [4.69, 9.17) is 32.1 Å². The number of amides is 1. The van der Waals surface area contributed by atoms with Crippen LogP contribution in [0.1, 0.15) is 19.8 Å². The van der Waals surface area contributed by atoms with Crippen molar-refractivity contribution in [1.82, 2.24) is 4.90 Å². The van der Waals surface area contributed by atoms with E-state index in [2.05, 4.69) is 16.7 Å². The molecule has 3 atom stereocenters. The molecule has 41 heavy (non-hydrogen) atoms. The number of carbonyl (C=O) groups is 2. The SMILES string of the molecule is CCN1CCN(c2ccc(S(=O)(=O)[C@H]3C[C@@H](COc4ccc(F)cc4)[C@](C(N)=O)(C(=O)OCC#N)C3)c(Cl)c2)CC1. The van der Waals surface area contributed by atoms with Gasteiger partial charge in [0.25, 0.3) is 0 Å². The summed E-state index contributed by atoms with van der Waals surface area (Å²) in [5.74, 6) is -3.42. The number of primary amides is 1. The lowest BCUT2D eigenvalue weighted by atomic mass is 9.77. The van der Waals surface area contributed by atoms with Gasteiger partial charge in [-0.2, -0.15) is 5.26 Å². The van der Waals surface area contributed by atoms with Gasteiger partial charge in [-0.05, 0) is 61.9 Å². The molecule has 0 radical (unpaired) electrons. The number of nitriles is 1. The maximum atomic E-state index is 13.9. The summed E-state index contributed by atoms with van der Waals surface area (Å²) in [6, 6.07) is 11.5. The van der Waals surface area contributed by atoms with Crippen LogP contribution >= 0.6 is 11.6 Å². The van der Waals surface area contributed by atoms with Gasteiger partial charge in [-0.1, -0.05) is 18.5 Å². The minimum absolute atomic E-state index is 0.0307. The van der Waals surface area contributed by atoms with Gasteiger partial charge < -0.3 is 25.0 Å². The maximum absolute atomic E-state index is 13.9. The van der Waals surface area contributed by atoms with Gasteiger partial charge >= 0.3 is 5.97 Å². The average Bonchev–Trinajstić information content (AvgIpc) is 3.37. The summed E-state index contributed by atoms with van der Waals surface area (Å²) in [6.07, 6.45) is -0.630. The Morgan fingerprint density at radius 3 is 2.44 bits per heavy atom. The lowest BCUT2D eigenvalue weighted by Gasteiger charge is -2.35. The summed E-state index contributed by atoms with van der Waals surface area (Å²) in [5.41, 5.74) is 4.45. The largest absolute Gasteiger partial charge is 0.493 e. The van der Waals surface area contributed by atoms with E-state index in [1.54, 1.807) is 18.2 Å². The summed E-state index contributed by atoms with van der Waals surface area (Å²) in [6.45, 7) is 5.46. The first-order valence-corrected chi connectivity index (χ1v) is 15.2. The van der Waals surface area contributed by atoms with Crippen molar-refractivity contribution in [2.45, 2.75) is 29.9 Å². The van der Waals surface area contributed by atoms with E-state index in [-0.39, 0.29) is 28.7 Å². The van der Waals surface area contributed by atoms with Gasteiger partial charge in [0.05, 0.1) is 21.8 Å². The summed E-state index contributed by atoms with van der Waals surface area (Å²) >= 11 is 6.53. The van der Waals surface area contributed by atoms with Crippen molar-refractivity contribution in [3.8, 4) is 11.8 Å². The molecule has 1 aliphatic heterocycles. The number of anilines is 1. The fourth-order valence-corrected chi connectivity index (χ4v) is 8.01. The minimum atomic E-state index is -4.15. The van der Waals surface area contributed by atoms with Crippen molar-refractivity contribution in [3.05, 3.63) is 53.3 Å². The molecule has 2 aliphatic rings. The Bertz CT molecular complexity index is 1430. The number of carbonyl (C=O) groups excluding carboxylic acids is 2. The Morgan fingerprint density at radius 1 is 1.17 bits per heavy atom. The molecule has 0 bridgehead atoms. The van der Waals surface area contributed by atoms with Crippen LogP contribution in [-0.2, 0) is 24.2 Å². The Kier molecular flexibility index (Phi) is 9.41. The first-order valence-electron chi connectivity index (χ1n) is 13.3. The van der Waals surface area contributed by atoms with Crippen LogP contribution < -0.4 is 15.4 Å². The van der Waals surface area contributed by atoms with E-state index in [1.165, 1.54) is 30.3 Å². The molecule has 2 N–H and O–H groups in total. The molecule has 2 aromatic rings. The first-order chi connectivity index (χ1) is 19.5. The minimum Gasteiger partial charge on any atom is -0.493 e. The van der Waals surface area contributed by atoms with E-state index in [0.717, 1.165) is 38.4 Å². The van der Waals surface area contributed by atoms with Crippen LogP contribution in [-0.4, -0.2) is 76.4 Å². The van der Waals surface area contributed by atoms with Gasteiger partial charge in [0, 0.05) is 37.8 Å². The molecule has 0 spiro atoms. The van der Waals surface area contributed by atoms with Crippen LogP contribution in [0.15, 0.2) is 47.4 Å². The maximum Gasteiger partial charge on any atom is 0.323 e. The number of hydrogen-bond donors (Lipinski definition) is 1. The van der Waals surface area contributed by atoms with Gasteiger partial charge in [-0.3, -0.25) is 9.59 Å². The normalized spacial score (nSPS) is 23.1. The highest BCUT2D eigenvalue weighted by molar-refractivity contribution is 7.92. The Balaban J connectivity index is 1.62. The Hall–Kier alpha value is -3.40. The number of piperazine rings is 1. The molecule has 10 nitrogen and oxygen atoms in total. The number of hydrogen-bond acceptors (Lipinski definition) is 9. The van der Waals surface area contributed by atoms with E-state index in [0.29, 0.717) is 0 Å². The van der Waals surface area contributed by atoms with Crippen LogP contribution in [0.3, 0.4) is 0 Å². The second kappa shape index (κ2) is 12.6. The summed E-state index contributed by atoms with van der Waals surface area (Å²) in [4.78, 5) is 30.3. The van der Waals surface area contributed by atoms with Gasteiger partial charge in [-0.15, -0.1) is 0 Å². The number of esters is 1. The second-order valence-corrected chi connectivity index (χ2v) is 12.8. The van der Waals surface area contributed by atoms with E-state index in [1.807, 2.05) is 0 Å². The fourth-order valence-electron chi connectivity index (χ4n) is 5.60. The number of ether oxygens (including phenoxy) is 2. The van der Waals surface area contributed by atoms with E-state index in [9.17, 15) is 22.4 Å². The number of rotatable bonds is 10. The Labute approximate surface area is 243 Å². The summed E-state index contributed by atoms with van der Waals surface area (Å²) < 4.78 is 51.8. The number of likely N-dealkylation sites (N-methyl/N-ethyl adjacent to an activating group) is 1. The number of benzene rings is 2. The number of sulfone groups is 1. The Morgan fingerprint density at radius 2 is 1.85 bits per heavy atom. The zero-order chi connectivity index (χ0) is 29.8. The van der Waals surface area contributed by atoms with Crippen LogP contribution in [0.2, 0.25) is 5.02 Å². The quantitative estimate of drug-likeness (QED) is 0.319. The van der Waals surface area contributed by atoms with Crippen molar-refractivity contribution < 1.29 is 31.9 Å². The molecule has 1 amide bonds. The molecule has 220 valence electrons. The summed E-state index contributed by atoms with van der Waals surface area (Å²) in [5, 5.41) is 7.72. The zero-order valence-corrected chi connectivity index (χ0v) is 24.2. The number of nitrogens with zero attached hydrogens (tertiary/aromatic N) is 3. The molecular weight excluding hydrogens is 575 g/mol. The topological polar surface area (TPSA) is 143 Å². The van der Waals surface area contributed by atoms with Crippen molar-refractivity contribution in [2.24, 2.45) is 17.1 Å². The highest BCUT2D eigenvalue weighted by Gasteiger charge is 2.61. The first kappa shape index (κ1) is 30.6. The van der Waals surface area contributed by atoms with Crippen molar-refractivity contribution in [1.29, 1.82) is 5.26 Å². The third-order valence-electron chi connectivity index (χ3n) is 7.98. The molecule has 1 aliphatic carbocycles. The van der Waals surface area contributed by atoms with Gasteiger partial charge in [-0.25, -0.2) is 12.8 Å². The average molecular weight is 607 g/mol. The third-order valence-corrected chi connectivity index (χ3v) is 10.6. The molecule has 1 saturated heterocycles. The second-order valence-electron chi connectivity index (χ2n) is 10.2. The number of nitrogens with two attached hydrogens (primary N) is 1. The monoisotopic (exact) mass is 606 g/mol. The number of halogens is 2. The van der Waals surface area contributed by atoms with Crippen molar-refractivity contribution in [3.63, 3.8) is 0 Å². The molecular formula is C28H32ClFN4O6S. The van der Waals surface area contributed by atoms with Gasteiger partial charge in [0.1, 0.15) is 17.6 Å². The molecule has 1 saturated carbocycles. The molecule has 1 heterocycles. The van der Waals surface area contributed by atoms with Crippen molar-refractivity contribution in [2.75, 3.05) is 50.8 Å². The van der Waals surface area contributed by atoms with Crippen molar-refractivity contribution >= 4 is 39.0 Å². The molecule has 13 heteroatoms. The van der Waals surface area contributed by atoms with E-state index < -0.39 is 57.1 Å². The highest BCUT2D eigenvalue weighted by Crippen LogP contribution is 2.49. The molecule has 2 aromatic carbocycles. The predicted molar refractivity (Wildman–Crippen MR) is 150 cm³/mol. The van der Waals surface area contributed by atoms with Crippen LogP contribution in [0.5, 0.6) is 5.75 Å². The van der Waals surface area contributed by atoms with Crippen LogP contribution in [0.4, 0.5) is 10.1 Å². The summed E-state index contributed by atoms with van der Waals surface area (Å²) in [7, 11) is -4.15. The standard InChI is InChI=1S/C28H32ClFN4O6S/c1-2-33-10-12-34(13-11-33)21-5-8-25(24(29)16-21)41(37,38)23-15-19(18-40-22-6-3-20(30)4-7-22)28(17-23,26(32)35)27(36)39-14-9-31/h3-8,16,19,23H,2,10-15,17-18H2,1H3,(H2,32,35)/t19-,23-,28+/m0/s1. The van der Waals surface area contributed by atoms with E-state index >= 15 is 0 Å².